The van der Waals surface area contributed by atoms with Gasteiger partial charge < -0.3 is 15.5 Å². The van der Waals surface area contributed by atoms with Crippen LogP contribution in [0.2, 0.25) is 0 Å². The summed E-state index contributed by atoms with van der Waals surface area (Å²) in [6, 6.07) is 0. The number of nitrogens with two attached hydrogens (primary N) is 1. The van der Waals surface area contributed by atoms with Crippen LogP contribution in [0.15, 0.2) is 6.20 Å². The van der Waals surface area contributed by atoms with Gasteiger partial charge in [-0.25, -0.2) is 9.78 Å². The van der Waals surface area contributed by atoms with E-state index in [2.05, 4.69) is 14.7 Å². The van der Waals surface area contributed by atoms with Crippen LogP contribution in [0.1, 0.15) is 16.3 Å². The standard InChI is InChI=1S/C7H11N3O2/c1-12-7(11)5-4-9-6(10-5)2-3-8/h4H,2-3,8H2,1H3,(H,9,10). The Labute approximate surface area is 69.9 Å². The molecule has 0 spiro atoms. The molecule has 0 radical (unpaired) electrons. The van der Waals surface area contributed by atoms with Crippen molar-refractivity contribution in [3.63, 3.8) is 0 Å². The predicted octanol–water partition coefficient (Wildman–Crippen LogP) is -0.303. The van der Waals surface area contributed by atoms with Crippen molar-refractivity contribution in [1.29, 1.82) is 0 Å². The lowest BCUT2D eigenvalue weighted by Crippen LogP contribution is -2.05. The van der Waals surface area contributed by atoms with Crippen LogP contribution in [0.5, 0.6) is 0 Å². The van der Waals surface area contributed by atoms with Crippen LogP contribution in [0.25, 0.3) is 0 Å². The number of nitrogens with one attached hydrogen (secondary N) is 1. The lowest BCUT2D eigenvalue weighted by Gasteiger charge is -1.92. The lowest BCUT2D eigenvalue weighted by atomic mass is 10.4. The van der Waals surface area contributed by atoms with Gasteiger partial charge in [0.15, 0.2) is 0 Å². The first-order chi connectivity index (χ1) is 5.77. The summed E-state index contributed by atoms with van der Waals surface area (Å²) >= 11 is 0. The van der Waals surface area contributed by atoms with Crippen LogP contribution >= 0.6 is 0 Å². The Morgan fingerprint density at radius 2 is 2.58 bits per heavy atom. The molecule has 0 saturated carbocycles. The second-order valence-corrected chi connectivity index (χ2v) is 2.27. The van der Waals surface area contributed by atoms with E-state index in [1.54, 1.807) is 0 Å². The molecule has 66 valence electrons. The molecule has 0 fully saturated rings. The third kappa shape index (κ3) is 1.82. The highest BCUT2D eigenvalue weighted by molar-refractivity contribution is 5.86. The third-order valence-electron chi connectivity index (χ3n) is 1.41. The minimum Gasteiger partial charge on any atom is -0.464 e. The fourth-order valence-corrected chi connectivity index (χ4v) is 0.840. The smallest absolute Gasteiger partial charge is 0.356 e. The van der Waals surface area contributed by atoms with E-state index in [9.17, 15) is 4.79 Å². The highest BCUT2D eigenvalue weighted by Gasteiger charge is 2.07. The fraction of sp³-hybridized carbons (Fsp3) is 0.429. The van der Waals surface area contributed by atoms with Crippen molar-refractivity contribution in [3.05, 3.63) is 17.7 Å². The molecule has 3 N–H and O–H groups in total. The average molecular weight is 169 g/mol. The maximum Gasteiger partial charge on any atom is 0.356 e. The van der Waals surface area contributed by atoms with E-state index in [4.69, 9.17) is 5.73 Å². The SMILES string of the molecule is COC(=O)c1cnc(CCN)[nH]1. The van der Waals surface area contributed by atoms with Crippen LogP contribution in [-0.2, 0) is 11.2 Å². The normalized spacial score (nSPS) is 9.83. The largest absolute Gasteiger partial charge is 0.464 e. The average Bonchev–Trinajstić information content (AvgIpc) is 2.52. The zero-order chi connectivity index (χ0) is 8.97. The van der Waals surface area contributed by atoms with E-state index in [0.717, 1.165) is 0 Å². The summed E-state index contributed by atoms with van der Waals surface area (Å²) in [5.41, 5.74) is 5.66. The molecule has 1 rings (SSSR count). The summed E-state index contributed by atoms with van der Waals surface area (Å²) in [5, 5.41) is 0. The Kier molecular flexibility index (Phi) is 2.82. The number of carbonyl (C=O) groups excluding carboxylic acids is 1. The van der Waals surface area contributed by atoms with E-state index in [1.165, 1.54) is 13.3 Å². The Hall–Kier alpha value is -1.36. The van der Waals surface area contributed by atoms with Gasteiger partial charge in [0, 0.05) is 6.42 Å². The van der Waals surface area contributed by atoms with Crippen molar-refractivity contribution in [3.8, 4) is 0 Å². The molecular formula is C7H11N3O2. The molecule has 1 heterocycles. The summed E-state index contributed by atoms with van der Waals surface area (Å²) in [7, 11) is 1.33. The van der Waals surface area contributed by atoms with Crippen LogP contribution in [-0.4, -0.2) is 29.6 Å². The number of imidazole rings is 1. The maximum atomic E-state index is 10.9. The highest BCUT2D eigenvalue weighted by atomic mass is 16.5. The van der Waals surface area contributed by atoms with E-state index in [-0.39, 0.29) is 0 Å². The van der Waals surface area contributed by atoms with Crippen LogP contribution in [0, 0.1) is 0 Å². The molecule has 0 aliphatic carbocycles. The van der Waals surface area contributed by atoms with E-state index in [0.29, 0.717) is 24.5 Å². The number of H-pyrrole nitrogens is 1. The van der Waals surface area contributed by atoms with Crippen molar-refractivity contribution in [2.75, 3.05) is 13.7 Å². The maximum absolute atomic E-state index is 10.9. The van der Waals surface area contributed by atoms with Crippen molar-refractivity contribution in [2.45, 2.75) is 6.42 Å². The molecule has 0 bridgehead atoms. The highest BCUT2D eigenvalue weighted by Crippen LogP contribution is 1.98. The van der Waals surface area contributed by atoms with Gasteiger partial charge in [-0.15, -0.1) is 0 Å². The first kappa shape index (κ1) is 8.73. The number of hydrogen-bond donors (Lipinski definition) is 2. The van der Waals surface area contributed by atoms with Gasteiger partial charge in [0.1, 0.15) is 11.5 Å². The summed E-state index contributed by atoms with van der Waals surface area (Å²) in [6.07, 6.45) is 2.08. The van der Waals surface area contributed by atoms with Gasteiger partial charge in [0.2, 0.25) is 0 Å². The van der Waals surface area contributed by atoms with Crippen molar-refractivity contribution < 1.29 is 9.53 Å². The van der Waals surface area contributed by atoms with Gasteiger partial charge in [-0.05, 0) is 6.54 Å². The van der Waals surface area contributed by atoms with Crippen LogP contribution < -0.4 is 5.73 Å². The third-order valence-corrected chi connectivity index (χ3v) is 1.41. The molecule has 0 aliphatic heterocycles. The molecule has 0 aliphatic rings. The number of esters is 1. The van der Waals surface area contributed by atoms with Gasteiger partial charge in [-0.2, -0.15) is 0 Å². The molecule has 1 aromatic rings. The Morgan fingerprint density at radius 3 is 3.17 bits per heavy atom. The molecular weight excluding hydrogens is 158 g/mol. The van der Waals surface area contributed by atoms with Crippen molar-refractivity contribution >= 4 is 5.97 Å². The molecule has 0 aromatic carbocycles. The monoisotopic (exact) mass is 169 g/mol. The number of aromatic nitrogens is 2. The van der Waals surface area contributed by atoms with Gasteiger partial charge >= 0.3 is 5.97 Å². The fourth-order valence-electron chi connectivity index (χ4n) is 0.840. The molecule has 1 aromatic heterocycles. The van der Waals surface area contributed by atoms with Gasteiger partial charge in [0.25, 0.3) is 0 Å². The van der Waals surface area contributed by atoms with Crippen molar-refractivity contribution in [2.24, 2.45) is 5.73 Å². The summed E-state index contributed by atoms with van der Waals surface area (Å²) in [5.74, 6) is 0.295. The van der Waals surface area contributed by atoms with Gasteiger partial charge in [-0.3, -0.25) is 0 Å². The Morgan fingerprint density at radius 1 is 1.83 bits per heavy atom. The van der Waals surface area contributed by atoms with Crippen molar-refractivity contribution in [1.82, 2.24) is 9.97 Å². The summed E-state index contributed by atoms with van der Waals surface area (Å²) in [4.78, 5) is 17.6. The van der Waals surface area contributed by atoms with E-state index >= 15 is 0 Å². The topological polar surface area (TPSA) is 81.0 Å². The minimum absolute atomic E-state index is 0.362. The second kappa shape index (κ2) is 3.87. The Bertz CT molecular complexity index is 269. The number of ether oxygens (including phenoxy) is 1. The predicted molar refractivity (Wildman–Crippen MR) is 42.7 cm³/mol. The van der Waals surface area contributed by atoms with Gasteiger partial charge in [-0.1, -0.05) is 0 Å². The zero-order valence-corrected chi connectivity index (χ0v) is 6.83. The molecule has 5 heteroatoms. The first-order valence-corrected chi connectivity index (χ1v) is 3.60. The number of hydrogen-bond acceptors (Lipinski definition) is 4. The summed E-state index contributed by atoms with van der Waals surface area (Å²) in [6.45, 7) is 0.508. The molecule has 12 heavy (non-hydrogen) atoms. The molecule has 0 atom stereocenters. The molecule has 5 nitrogen and oxygen atoms in total. The van der Waals surface area contributed by atoms with E-state index in [1.807, 2.05) is 0 Å². The first-order valence-electron chi connectivity index (χ1n) is 3.60. The number of carbonyl (C=O) groups is 1. The van der Waals surface area contributed by atoms with Crippen LogP contribution in [0.4, 0.5) is 0 Å². The Balaban J connectivity index is 2.70. The number of aromatic amines is 1. The lowest BCUT2D eigenvalue weighted by molar-refractivity contribution is 0.0594. The molecule has 0 saturated heterocycles. The van der Waals surface area contributed by atoms with E-state index < -0.39 is 5.97 Å². The quantitative estimate of drug-likeness (QED) is 0.608. The number of nitrogens with zero attached hydrogens (tertiary/aromatic N) is 1. The molecule has 0 amide bonds. The number of methoxy groups -OCH3 is 1. The van der Waals surface area contributed by atoms with Crippen LogP contribution in [0.3, 0.4) is 0 Å². The second-order valence-electron chi connectivity index (χ2n) is 2.27. The zero-order valence-electron chi connectivity index (χ0n) is 6.83. The summed E-state index contributed by atoms with van der Waals surface area (Å²) < 4.78 is 4.49. The minimum atomic E-state index is -0.411. The van der Waals surface area contributed by atoms with Gasteiger partial charge in [0.05, 0.1) is 13.3 Å². The number of rotatable bonds is 3. The molecule has 0 unspecified atom stereocenters.